The van der Waals surface area contributed by atoms with E-state index in [1.165, 1.54) is 10.8 Å². The van der Waals surface area contributed by atoms with E-state index in [-0.39, 0.29) is 12.7 Å². The fourth-order valence-corrected chi connectivity index (χ4v) is 2.40. The lowest BCUT2D eigenvalue weighted by Crippen LogP contribution is -2.49. The molecule has 0 aliphatic carbocycles. The van der Waals surface area contributed by atoms with Crippen LogP contribution in [0.25, 0.3) is 10.8 Å². The molecule has 3 rings (SSSR count). The smallest absolute Gasteiger partial charge is 0.407 e. The van der Waals surface area contributed by atoms with Gasteiger partial charge in [0.2, 0.25) is 0 Å². The molecule has 18 heavy (non-hydrogen) atoms. The zero-order valence-electron chi connectivity index (χ0n) is 10.8. The number of hydrogen-bond donors (Lipinski definition) is 0. The van der Waals surface area contributed by atoms with E-state index in [0.29, 0.717) is 0 Å². The second-order valence-corrected chi connectivity index (χ2v) is 5.40. The van der Waals surface area contributed by atoms with E-state index in [2.05, 4.69) is 56.3 Å². The first-order chi connectivity index (χ1) is 8.66. The fourth-order valence-electron chi connectivity index (χ4n) is 2.40. The highest BCUT2D eigenvalue weighted by Gasteiger charge is 2.35. The summed E-state index contributed by atoms with van der Waals surface area (Å²) in [5, 5.41) is 2.44. The average molecular weight is 240 g/mol. The molecule has 2 nitrogen and oxygen atoms in total. The van der Waals surface area contributed by atoms with Gasteiger partial charge in [0, 0.05) is 6.61 Å². The van der Waals surface area contributed by atoms with Crippen LogP contribution in [0.3, 0.4) is 0 Å². The van der Waals surface area contributed by atoms with Crippen LogP contribution in [0.15, 0.2) is 42.5 Å². The third-order valence-electron chi connectivity index (χ3n) is 3.48. The Balaban J connectivity index is 2.04. The van der Waals surface area contributed by atoms with Crippen molar-refractivity contribution in [2.75, 3.05) is 6.61 Å². The van der Waals surface area contributed by atoms with Crippen molar-refractivity contribution in [3.05, 3.63) is 42.5 Å². The number of rotatable bonds is 1. The molecule has 1 fully saturated rings. The Kier molecular flexibility index (Phi) is 2.88. The third kappa shape index (κ3) is 2.16. The molecule has 92 valence electrons. The van der Waals surface area contributed by atoms with E-state index in [1.54, 1.807) is 0 Å². The maximum Gasteiger partial charge on any atom is 0.494 e. The van der Waals surface area contributed by atoms with Gasteiger partial charge in [-0.3, -0.25) is 0 Å². The Labute approximate surface area is 108 Å². The molecule has 0 N–H and O–H groups in total. The van der Waals surface area contributed by atoms with E-state index < -0.39 is 0 Å². The van der Waals surface area contributed by atoms with Crippen molar-refractivity contribution < 1.29 is 9.31 Å². The quantitative estimate of drug-likeness (QED) is 0.713. The minimum absolute atomic E-state index is 0.111. The summed E-state index contributed by atoms with van der Waals surface area (Å²) < 4.78 is 11.8. The lowest BCUT2D eigenvalue weighted by molar-refractivity contribution is 0.0110. The molecule has 1 saturated heterocycles. The van der Waals surface area contributed by atoms with Gasteiger partial charge in [-0.25, -0.2) is 0 Å². The van der Waals surface area contributed by atoms with E-state index in [4.69, 9.17) is 9.31 Å². The van der Waals surface area contributed by atoms with Crippen molar-refractivity contribution in [1.82, 2.24) is 0 Å². The minimum atomic E-state index is -0.250. The van der Waals surface area contributed by atoms with Crippen LogP contribution >= 0.6 is 0 Å². The summed E-state index contributed by atoms with van der Waals surface area (Å²) in [6.07, 6.45) is 0.939. The zero-order chi connectivity index (χ0) is 12.6. The molecule has 1 aliphatic heterocycles. The summed E-state index contributed by atoms with van der Waals surface area (Å²) in [4.78, 5) is 0. The van der Waals surface area contributed by atoms with Gasteiger partial charge in [0.15, 0.2) is 0 Å². The van der Waals surface area contributed by atoms with Gasteiger partial charge < -0.3 is 9.31 Å². The van der Waals surface area contributed by atoms with E-state index >= 15 is 0 Å². The van der Waals surface area contributed by atoms with Crippen molar-refractivity contribution in [2.45, 2.75) is 25.9 Å². The summed E-state index contributed by atoms with van der Waals surface area (Å²) in [6.45, 7) is 4.99. The molecule has 0 unspecified atom stereocenters. The van der Waals surface area contributed by atoms with Crippen molar-refractivity contribution in [3.63, 3.8) is 0 Å². The van der Waals surface area contributed by atoms with Gasteiger partial charge >= 0.3 is 7.12 Å². The summed E-state index contributed by atoms with van der Waals surface area (Å²) in [7, 11) is -0.250. The number of hydrogen-bond acceptors (Lipinski definition) is 2. The average Bonchev–Trinajstić information content (AvgIpc) is 2.37. The van der Waals surface area contributed by atoms with Crippen LogP contribution in [-0.4, -0.2) is 19.3 Å². The molecule has 1 heterocycles. The Morgan fingerprint density at radius 3 is 2.67 bits per heavy atom. The standard InChI is InChI=1S/C15H17BO2/c1-15(2)10-11-17-16(18-15)14-9-5-7-12-6-3-4-8-13(12)14/h3-9H,10-11H2,1-2H3. The van der Waals surface area contributed by atoms with Crippen LogP contribution in [-0.2, 0) is 9.31 Å². The van der Waals surface area contributed by atoms with E-state index in [1.807, 2.05) is 0 Å². The minimum Gasteiger partial charge on any atom is -0.407 e. The van der Waals surface area contributed by atoms with Crippen LogP contribution in [0.4, 0.5) is 0 Å². The third-order valence-corrected chi connectivity index (χ3v) is 3.48. The van der Waals surface area contributed by atoms with Crippen molar-refractivity contribution in [3.8, 4) is 0 Å². The maximum absolute atomic E-state index is 6.05. The fraction of sp³-hybridized carbons (Fsp3) is 0.333. The molecule has 2 aromatic rings. The molecular formula is C15H17BO2. The first kappa shape index (κ1) is 11.8. The highest BCUT2D eigenvalue weighted by molar-refractivity contribution is 6.64. The predicted octanol–water partition coefficient (Wildman–Crippen LogP) is 2.75. The molecule has 0 aromatic heterocycles. The molecule has 0 amide bonds. The van der Waals surface area contributed by atoms with Gasteiger partial charge in [-0.15, -0.1) is 0 Å². The Bertz CT molecular complexity index is 560. The number of benzene rings is 2. The van der Waals surface area contributed by atoms with Crippen molar-refractivity contribution in [1.29, 1.82) is 0 Å². The van der Waals surface area contributed by atoms with Crippen LogP contribution < -0.4 is 5.46 Å². The van der Waals surface area contributed by atoms with Gasteiger partial charge in [-0.2, -0.15) is 0 Å². The zero-order valence-corrected chi connectivity index (χ0v) is 10.8. The van der Waals surface area contributed by atoms with Crippen molar-refractivity contribution >= 4 is 23.4 Å². The number of fused-ring (bicyclic) bond motifs is 1. The normalized spacial score (nSPS) is 19.1. The molecule has 0 atom stereocenters. The van der Waals surface area contributed by atoms with Crippen molar-refractivity contribution in [2.24, 2.45) is 0 Å². The second-order valence-electron chi connectivity index (χ2n) is 5.40. The van der Waals surface area contributed by atoms with E-state index in [0.717, 1.165) is 18.5 Å². The Morgan fingerprint density at radius 2 is 1.83 bits per heavy atom. The van der Waals surface area contributed by atoms with Gasteiger partial charge in [0.05, 0.1) is 5.60 Å². The summed E-state index contributed by atoms with van der Waals surface area (Å²) in [6, 6.07) is 14.6. The largest absolute Gasteiger partial charge is 0.494 e. The lowest BCUT2D eigenvalue weighted by atomic mass is 9.73. The molecule has 3 heteroatoms. The van der Waals surface area contributed by atoms with Gasteiger partial charge in [-0.1, -0.05) is 42.5 Å². The molecule has 1 aliphatic rings. The molecule has 2 aromatic carbocycles. The SMILES string of the molecule is CC1(C)CCOB(c2cccc3ccccc23)O1. The predicted molar refractivity (Wildman–Crippen MR) is 75.1 cm³/mol. The van der Waals surface area contributed by atoms with Gasteiger partial charge in [0.1, 0.15) is 0 Å². The second kappa shape index (κ2) is 4.41. The van der Waals surface area contributed by atoms with Crippen LogP contribution in [0.1, 0.15) is 20.3 Å². The first-order valence-corrected chi connectivity index (χ1v) is 6.43. The monoisotopic (exact) mass is 240 g/mol. The summed E-state index contributed by atoms with van der Waals surface area (Å²) in [5.41, 5.74) is 1.01. The summed E-state index contributed by atoms with van der Waals surface area (Å²) in [5.74, 6) is 0. The maximum atomic E-state index is 6.05. The molecular weight excluding hydrogens is 223 g/mol. The van der Waals surface area contributed by atoms with E-state index in [9.17, 15) is 0 Å². The van der Waals surface area contributed by atoms with Crippen LogP contribution in [0, 0.1) is 0 Å². The van der Waals surface area contributed by atoms with Crippen LogP contribution in [0.2, 0.25) is 0 Å². The Hall–Kier alpha value is -1.32. The van der Waals surface area contributed by atoms with Gasteiger partial charge in [0.25, 0.3) is 0 Å². The topological polar surface area (TPSA) is 18.5 Å². The van der Waals surface area contributed by atoms with Gasteiger partial charge in [-0.05, 0) is 36.5 Å². The Morgan fingerprint density at radius 1 is 1.06 bits per heavy atom. The highest BCUT2D eigenvalue weighted by Crippen LogP contribution is 2.22. The molecule has 0 saturated carbocycles. The molecule has 0 radical (unpaired) electrons. The molecule has 0 spiro atoms. The lowest BCUT2D eigenvalue weighted by Gasteiger charge is -2.34. The first-order valence-electron chi connectivity index (χ1n) is 6.43. The van der Waals surface area contributed by atoms with Crippen LogP contribution in [0.5, 0.6) is 0 Å². The molecule has 0 bridgehead atoms. The summed E-state index contributed by atoms with van der Waals surface area (Å²) >= 11 is 0. The highest BCUT2D eigenvalue weighted by atomic mass is 16.6.